The van der Waals surface area contributed by atoms with E-state index in [2.05, 4.69) is 35.5 Å². The van der Waals surface area contributed by atoms with Gasteiger partial charge in [-0.15, -0.1) is 0 Å². The number of carbonyl (C=O) groups is 1. The molecule has 1 aromatic heterocycles. The number of methoxy groups -OCH3 is 1. The Kier molecular flexibility index (Phi) is 4.61. The summed E-state index contributed by atoms with van der Waals surface area (Å²) in [5, 5.41) is 7.15. The largest absolute Gasteiger partial charge is 0.497 e. The minimum absolute atomic E-state index is 0.173. The van der Waals surface area contributed by atoms with E-state index < -0.39 is 0 Å². The molecule has 0 bridgehead atoms. The Hall–Kier alpha value is -3.08. The highest BCUT2D eigenvalue weighted by Gasteiger charge is 2.08. The standard InChI is InChI=1S/C19H19N3O2/c1-14-4-3-5-15(10-14)12-22-13-17(11-20-22)21-19(23)16-6-8-18(24-2)9-7-16/h3-11,13H,12H2,1-2H3,(H,21,23). The van der Waals surface area contributed by atoms with Gasteiger partial charge in [0.1, 0.15) is 5.75 Å². The molecule has 0 fully saturated rings. The van der Waals surface area contributed by atoms with Gasteiger partial charge >= 0.3 is 0 Å². The van der Waals surface area contributed by atoms with Crippen molar-refractivity contribution in [1.82, 2.24) is 9.78 Å². The fourth-order valence-electron chi connectivity index (χ4n) is 2.46. The van der Waals surface area contributed by atoms with Crippen molar-refractivity contribution in [3.05, 3.63) is 77.6 Å². The number of aryl methyl sites for hydroxylation is 1. The molecule has 0 spiro atoms. The fourth-order valence-corrected chi connectivity index (χ4v) is 2.46. The minimum Gasteiger partial charge on any atom is -0.497 e. The molecule has 5 heteroatoms. The first-order valence-electron chi connectivity index (χ1n) is 7.67. The number of ether oxygens (including phenoxy) is 1. The third kappa shape index (κ3) is 3.81. The van der Waals surface area contributed by atoms with Crippen molar-refractivity contribution < 1.29 is 9.53 Å². The van der Waals surface area contributed by atoms with Gasteiger partial charge in [-0.25, -0.2) is 0 Å². The third-order valence-corrected chi connectivity index (χ3v) is 3.67. The van der Waals surface area contributed by atoms with E-state index in [-0.39, 0.29) is 5.91 Å². The summed E-state index contributed by atoms with van der Waals surface area (Å²) >= 11 is 0. The van der Waals surface area contributed by atoms with Gasteiger partial charge in [-0.2, -0.15) is 5.10 Å². The zero-order valence-electron chi connectivity index (χ0n) is 13.7. The quantitative estimate of drug-likeness (QED) is 0.782. The molecule has 0 aliphatic rings. The second kappa shape index (κ2) is 7.00. The second-order valence-corrected chi connectivity index (χ2v) is 5.60. The summed E-state index contributed by atoms with van der Waals surface area (Å²) in [4.78, 5) is 12.2. The first-order chi connectivity index (χ1) is 11.6. The zero-order chi connectivity index (χ0) is 16.9. The third-order valence-electron chi connectivity index (χ3n) is 3.67. The summed E-state index contributed by atoms with van der Waals surface area (Å²) in [6, 6.07) is 15.2. The molecule has 0 unspecified atom stereocenters. The number of carbonyl (C=O) groups excluding carboxylic acids is 1. The number of benzene rings is 2. The van der Waals surface area contributed by atoms with Crippen molar-refractivity contribution >= 4 is 11.6 Å². The van der Waals surface area contributed by atoms with E-state index in [1.54, 1.807) is 42.3 Å². The van der Waals surface area contributed by atoms with Gasteiger partial charge in [0.2, 0.25) is 0 Å². The van der Waals surface area contributed by atoms with Crippen molar-refractivity contribution in [3.8, 4) is 5.75 Å². The smallest absolute Gasteiger partial charge is 0.255 e. The van der Waals surface area contributed by atoms with Crippen molar-refractivity contribution in [2.24, 2.45) is 0 Å². The van der Waals surface area contributed by atoms with Gasteiger partial charge in [0.15, 0.2) is 0 Å². The molecule has 0 saturated heterocycles. The summed E-state index contributed by atoms with van der Waals surface area (Å²) in [5.41, 5.74) is 3.63. The highest BCUT2D eigenvalue weighted by molar-refractivity contribution is 6.04. The second-order valence-electron chi connectivity index (χ2n) is 5.60. The van der Waals surface area contributed by atoms with Crippen molar-refractivity contribution in [3.63, 3.8) is 0 Å². The number of amides is 1. The van der Waals surface area contributed by atoms with Crippen molar-refractivity contribution in [2.45, 2.75) is 13.5 Å². The molecule has 1 heterocycles. The number of nitrogens with one attached hydrogen (secondary N) is 1. The Balaban J connectivity index is 1.65. The summed E-state index contributed by atoms with van der Waals surface area (Å²) in [5.74, 6) is 0.547. The highest BCUT2D eigenvalue weighted by atomic mass is 16.5. The first-order valence-corrected chi connectivity index (χ1v) is 7.67. The molecule has 122 valence electrons. The van der Waals surface area contributed by atoms with Crippen LogP contribution in [0.1, 0.15) is 21.5 Å². The molecule has 0 aliphatic heterocycles. The summed E-state index contributed by atoms with van der Waals surface area (Å²) in [6.45, 7) is 2.73. The van der Waals surface area contributed by atoms with Crippen LogP contribution < -0.4 is 10.1 Å². The predicted octanol–water partition coefficient (Wildman–Crippen LogP) is 3.50. The molecule has 0 atom stereocenters. The number of aromatic nitrogens is 2. The van der Waals surface area contributed by atoms with Crippen LogP contribution in [-0.2, 0) is 6.54 Å². The molecular formula is C19H19N3O2. The van der Waals surface area contributed by atoms with E-state index in [0.29, 0.717) is 17.8 Å². The number of hydrogen-bond donors (Lipinski definition) is 1. The molecular weight excluding hydrogens is 302 g/mol. The zero-order valence-corrected chi connectivity index (χ0v) is 13.7. The molecule has 3 aromatic rings. The van der Waals surface area contributed by atoms with Gasteiger partial charge in [0, 0.05) is 11.8 Å². The lowest BCUT2D eigenvalue weighted by molar-refractivity contribution is 0.102. The number of nitrogens with zero attached hydrogens (tertiary/aromatic N) is 2. The normalized spacial score (nSPS) is 10.4. The average molecular weight is 321 g/mol. The van der Waals surface area contributed by atoms with Crippen LogP contribution in [0.2, 0.25) is 0 Å². The lowest BCUT2D eigenvalue weighted by Gasteiger charge is -2.04. The summed E-state index contributed by atoms with van der Waals surface area (Å²) in [7, 11) is 1.59. The average Bonchev–Trinajstić information content (AvgIpc) is 3.02. The van der Waals surface area contributed by atoms with Gasteiger partial charge in [-0.1, -0.05) is 29.8 Å². The lowest BCUT2D eigenvalue weighted by atomic mass is 10.1. The first kappa shape index (κ1) is 15.8. The lowest BCUT2D eigenvalue weighted by Crippen LogP contribution is -2.11. The predicted molar refractivity (Wildman–Crippen MR) is 93.5 cm³/mol. The fraction of sp³-hybridized carbons (Fsp3) is 0.158. The van der Waals surface area contributed by atoms with Crippen molar-refractivity contribution in [2.75, 3.05) is 12.4 Å². The van der Waals surface area contributed by atoms with Gasteiger partial charge < -0.3 is 10.1 Å². The maximum absolute atomic E-state index is 12.2. The van der Waals surface area contributed by atoms with Crippen LogP contribution >= 0.6 is 0 Å². The van der Waals surface area contributed by atoms with Crippen LogP contribution in [0.5, 0.6) is 5.75 Å². The van der Waals surface area contributed by atoms with Crippen LogP contribution in [-0.4, -0.2) is 22.8 Å². The van der Waals surface area contributed by atoms with E-state index in [1.807, 2.05) is 12.3 Å². The van der Waals surface area contributed by atoms with Gasteiger partial charge in [-0.05, 0) is 36.8 Å². The Morgan fingerprint density at radius 2 is 2.00 bits per heavy atom. The van der Waals surface area contributed by atoms with E-state index in [9.17, 15) is 4.79 Å². The van der Waals surface area contributed by atoms with Crippen LogP contribution in [0.15, 0.2) is 60.9 Å². The van der Waals surface area contributed by atoms with Crippen LogP contribution in [0.25, 0.3) is 0 Å². The Labute approximate surface area is 140 Å². The highest BCUT2D eigenvalue weighted by Crippen LogP contribution is 2.14. The molecule has 5 nitrogen and oxygen atoms in total. The van der Waals surface area contributed by atoms with Crippen LogP contribution in [0.4, 0.5) is 5.69 Å². The summed E-state index contributed by atoms with van der Waals surface area (Å²) in [6.07, 6.45) is 3.47. The monoisotopic (exact) mass is 321 g/mol. The van der Waals surface area contributed by atoms with Crippen LogP contribution in [0, 0.1) is 6.92 Å². The van der Waals surface area contributed by atoms with E-state index >= 15 is 0 Å². The van der Waals surface area contributed by atoms with Gasteiger partial charge in [0.05, 0.1) is 25.5 Å². The molecule has 0 saturated carbocycles. The van der Waals surface area contributed by atoms with Crippen molar-refractivity contribution in [1.29, 1.82) is 0 Å². The molecule has 2 aromatic carbocycles. The molecule has 0 radical (unpaired) electrons. The maximum Gasteiger partial charge on any atom is 0.255 e. The van der Waals surface area contributed by atoms with E-state index in [1.165, 1.54) is 11.1 Å². The molecule has 3 rings (SSSR count). The van der Waals surface area contributed by atoms with Gasteiger partial charge in [0.25, 0.3) is 5.91 Å². The number of anilines is 1. The Morgan fingerprint density at radius 3 is 2.71 bits per heavy atom. The molecule has 1 amide bonds. The Bertz CT molecular complexity index is 838. The molecule has 1 N–H and O–H groups in total. The number of rotatable bonds is 5. The van der Waals surface area contributed by atoms with Gasteiger partial charge in [-0.3, -0.25) is 9.48 Å². The topological polar surface area (TPSA) is 56.1 Å². The minimum atomic E-state index is -0.173. The maximum atomic E-state index is 12.2. The number of hydrogen-bond acceptors (Lipinski definition) is 3. The van der Waals surface area contributed by atoms with E-state index in [4.69, 9.17) is 4.74 Å². The van der Waals surface area contributed by atoms with E-state index in [0.717, 1.165) is 5.75 Å². The SMILES string of the molecule is COc1ccc(C(=O)Nc2cnn(Cc3cccc(C)c3)c2)cc1. The summed E-state index contributed by atoms with van der Waals surface area (Å²) < 4.78 is 6.89. The molecule has 0 aliphatic carbocycles. The van der Waals surface area contributed by atoms with Crippen LogP contribution in [0.3, 0.4) is 0 Å². The Morgan fingerprint density at radius 1 is 1.21 bits per heavy atom. The molecule has 24 heavy (non-hydrogen) atoms.